The van der Waals surface area contributed by atoms with Gasteiger partial charge in [-0.05, 0) is 37.2 Å². The molecule has 124 valence electrons. The highest BCUT2D eigenvalue weighted by molar-refractivity contribution is 5.93. The number of amides is 1. The minimum Gasteiger partial charge on any atom is -0.379 e. The molecule has 1 spiro atoms. The number of likely N-dealkylation sites (tertiary alicyclic amines) is 1. The third kappa shape index (κ3) is 2.97. The Hall–Kier alpha value is -1.53. The molecule has 3 aliphatic rings. The highest BCUT2D eigenvalue weighted by Gasteiger charge is 2.48. The standard InChI is InChI=1S/C17H24N4O2/c22-16(14-1-4-18-19-13-14)21-5-2-17(3-6-21)11-15(12-17)20-7-9-23-10-8-20/h1,4,13,15H,2-3,5-12H2. The molecular formula is C17H24N4O2. The third-order valence-electron chi connectivity index (χ3n) is 5.84. The van der Waals surface area contributed by atoms with Crippen LogP contribution >= 0.6 is 0 Å². The summed E-state index contributed by atoms with van der Waals surface area (Å²) in [7, 11) is 0. The average Bonchev–Trinajstić information content (AvgIpc) is 2.61. The van der Waals surface area contributed by atoms with Crippen molar-refractivity contribution in [3.05, 3.63) is 24.0 Å². The van der Waals surface area contributed by atoms with Gasteiger partial charge in [0.05, 0.1) is 31.2 Å². The van der Waals surface area contributed by atoms with Gasteiger partial charge in [-0.15, -0.1) is 0 Å². The smallest absolute Gasteiger partial charge is 0.255 e. The molecule has 3 heterocycles. The van der Waals surface area contributed by atoms with Crippen molar-refractivity contribution in [1.82, 2.24) is 20.0 Å². The molecule has 0 radical (unpaired) electrons. The molecule has 0 N–H and O–H groups in total. The van der Waals surface area contributed by atoms with Crippen LogP contribution < -0.4 is 0 Å². The van der Waals surface area contributed by atoms with Crippen molar-refractivity contribution in [1.29, 1.82) is 0 Å². The average molecular weight is 316 g/mol. The van der Waals surface area contributed by atoms with Crippen molar-refractivity contribution >= 4 is 5.91 Å². The topological polar surface area (TPSA) is 58.6 Å². The van der Waals surface area contributed by atoms with E-state index in [0.717, 1.165) is 58.3 Å². The maximum absolute atomic E-state index is 12.5. The monoisotopic (exact) mass is 316 g/mol. The molecule has 0 bridgehead atoms. The highest BCUT2D eigenvalue weighted by Crippen LogP contribution is 2.51. The van der Waals surface area contributed by atoms with Gasteiger partial charge in [0.25, 0.3) is 5.91 Å². The van der Waals surface area contributed by atoms with Gasteiger partial charge in [-0.2, -0.15) is 10.2 Å². The highest BCUT2D eigenvalue weighted by atomic mass is 16.5. The number of hydrogen-bond donors (Lipinski definition) is 0. The van der Waals surface area contributed by atoms with Crippen molar-refractivity contribution in [3.63, 3.8) is 0 Å². The summed E-state index contributed by atoms with van der Waals surface area (Å²) in [5.41, 5.74) is 1.13. The van der Waals surface area contributed by atoms with Crippen LogP contribution in [-0.4, -0.2) is 71.3 Å². The van der Waals surface area contributed by atoms with Gasteiger partial charge < -0.3 is 9.64 Å². The zero-order valence-electron chi connectivity index (χ0n) is 13.5. The normalized spacial score (nSPS) is 25.3. The van der Waals surface area contributed by atoms with Crippen LogP contribution in [0.4, 0.5) is 0 Å². The molecule has 2 saturated heterocycles. The van der Waals surface area contributed by atoms with Crippen molar-refractivity contribution in [2.45, 2.75) is 31.7 Å². The summed E-state index contributed by atoms with van der Waals surface area (Å²) in [5.74, 6) is 0.0961. The van der Waals surface area contributed by atoms with Crippen molar-refractivity contribution in [2.75, 3.05) is 39.4 Å². The lowest BCUT2D eigenvalue weighted by Gasteiger charge is -2.55. The quantitative estimate of drug-likeness (QED) is 0.820. The molecular weight excluding hydrogens is 292 g/mol. The first-order valence-electron chi connectivity index (χ1n) is 8.64. The predicted molar refractivity (Wildman–Crippen MR) is 85.0 cm³/mol. The van der Waals surface area contributed by atoms with Crippen LogP contribution in [0.3, 0.4) is 0 Å². The van der Waals surface area contributed by atoms with Gasteiger partial charge in [0.1, 0.15) is 0 Å². The fraction of sp³-hybridized carbons (Fsp3) is 0.706. The summed E-state index contributed by atoms with van der Waals surface area (Å²) < 4.78 is 5.44. The molecule has 4 rings (SSSR count). The molecule has 1 aromatic rings. The van der Waals surface area contributed by atoms with Gasteiger partial charge in [-0.1, -0.05) is 0 Å². The molecule has 1 aliphatic carbocycles. The largest absolute Gasteiger partial charge is 0.379 e. The zero-order chi connectivity index (χ0) is 15.7. The molecule has 3 fully saturated rings. The Balaban J connectivity index is 1.29. The van der Waals surface area contributed by atoms with E-state index in [1.807, 2.05) is 4.90 Å². The van der Waals surface area contributed by atoms with Crippen LogP contribution in [0.5, 0.6) is 0 Å². The fourth-order valence-electron chi connectivity index (χ4n) is 4.33. The summed E-state index contributed by atoms with van der Waals surface area (Å²) in [6, 6.07) is 2.49. The number of morpholine rings is 1. The molecule has 2 aliphatic heterocycles. The summed E-state index contributed by atoms with van der Waals surface area (Å²) in [4.78, 5) is 17.0. The SMILES string of the molecule is O=C(c1ccnnc1)N1CCC2(CC1)CC(N1CCOCC1)C2. The number of carbonyl (C=O) groups is 1. The Kier molecular flexibility index (Phi) is 4.03. The van der Waals surface area contributed by atoms with E-state index in [0.29, 0.717) is 11.0 Å². The third-order valence-corrected chi connectivity index (χ3v) is 5.84. The lowest BCUT2D eigenvalue weighted by atomic mass is 9.60. The first kappa shape index (κ1) is 15.0. The molecule has 1 saturated carbocycles. The molecule has 1 amide bonds. The van der Waals surface area contributed by atoms with Gasteiger partial charge in [0.15, 0.2) is 0 Å². The van der Waals surface area contributed by atoms with Crippen LogP contribution in [0, 0.1) is 5.41 Å². The molecule has 23 heavy (non-hydrogen) atoms. The second-order valence-corrected chi connectivity index (χ2v) is 7.13. The van der Waals surface area contributed by atoms with Crippen LogP contribution in [0.15, 0.2) is 18.5 Å². The van der Waals surface area contributed by atoms with Gasteiger partial charge in [-0.3, -0.25) is 9.69 Å². The molecule has 0 aromatic carbocycles. The summed E-state index contributed by atoms with van der Waals surface area (Å²) in [6.07, 6.45) is 8.01. The number of nitrogens with zero attached hydrogens (tertiary/aromatic N) is 4. The van der Waals surface area contributed by atoms with Gasteiger partial charge >= 0.3 is 0 Å². The van der Waals surface area contributed by atoms with E-state index in [-0.39, 0.29) is 5.91 Å². The van der Waals surface area contributed by atoms with E-state index >= 15 is 0 Å². The Morgan fingerprint density at radius 1 is 1.13 bits per heavy atom. The van der Waals surface area contributed by atoms with E-state index in [1.54, 1.807) is 18.5 Å². The second kappa shape index (κ2) is 6.17. The maximum Gasteiger partial charge on any atom is 0.255 e. The Morgan fingerprint density at radius 2 is 1.87 bits per heavy atom. The van der Waals surface area contributed by atoms with Gasteiger partial charge in [-0.25, -0.2) is 0 Å². The molecule has 0 unspecified atom stereocenters. The fourth-order valence-corrected chi connectivity index (χ4v) is 4.33. The molecule has 6 heteroatoms. The lowest BCUT2D eigenvalue weighted by Crippen LogP contribution is -2.57. The number of ether oxygens (including phenoxy) is 1. The zero-order valence-corrected chi connectivity index (χ0v) is 13.5. The number of aromatic nitrogens is 2. The van der Waals surface area contributed by atoms with E-state index in [1.165, 1.54) is 12.8 Å². The Morgan fingerprint density at radius 3 is 2.52 bits per heavy atom. The van der Waals surface area contributed by atoms with Crippen molar-refractivity contribution in [2.24, 2.45) is 5.41 Å². The Bertz CT molecular complexity index is 543. The maximum atomic E-state index is 12.5. The predicted octanol–water partition coefficient (Wildman–Crippen LogP) is 1.19. The molecule has 0 atom stereocenters. The van der Waals surface area contributed by atoms with Crippen LogP contribution in [0.2, 0.25) is 0 Å². The summed E-state index contributed by atoms with van der Waals surface area (Å²) in [6.45, 7) is 5.67. The van der Waals surface area contributed by atoms with E-state index < -0.39 is 0 Å². The summed E-state index contributed by atoms with van der Waals surface area (Å²) >= 11 is 0. The first-order valence-corrected chi connectivity index (χ1v) is 8.64. The van der Waals surface area contributed by atoms with Crippen LogP contribution in [-0.2, 0) is 4.74 Å². The van der Waals surface area contributed by atoms with E-state index in [9.17, 15) is 4.79 Å². The van der Waals surface area contributed by atoms with Crippen molar-refractivity contribution < 1.29 is 9.53 Å². The number of carbonyl (C=O) groups excluding carboxylic acids is 1. The van der Waals surface area contributed by atoms with Crippen LogP contribution in [0.1, 0.15) is 36.0 Å². The Labute approximate surface area is 136 Å². The molecule has 6 nitrogen and oxygen atoms in total. The first-order chi connectivity index (χ1) is 11.3. The number of hydrogen-bond acceptors (Lipinski definition) is 5. The second-order valence-electron chi connectivity index (χ2n) is 7.13. The number of rotatable bonds is 2. The minimum absolute atomic E-state index is 0.0961. The minimum atomic E-state index is 0.0961. The van der Waals surface area contributed by atoms with Gasteiger partial charge in [0.2, 0.25) is 0 Å². The van der Waals surface area contributed by atoms with Gasteiger partial charge in [0, 0.05) is 32.2 Å². The van der Waals surface area contributed by atoms with E-state index in [4.69, 9.17) is 4.74 Å². The summed E-state index contributed by atoms with van der Waals surface area (Å²) in [5, 5.41) is 7.54. The number of piperidine rings is 1. The lowest BCUT2D eigenvalue weighted by molar-refractivity contribution is -0.0703. The van der Waals surface area contributed by atoms with Crippen LogP contribution in [0.25, 0.3) is 0 Å². The van der Waals surface area contributed by atoms with E-state index in [2.05, 4.69) is 15.1 Å². The van der Waals surface area contributed by atoms with Crippen molar-refractivity contribution in [3.8, 4) is 0 Å². The molecule has 1 aromatic heterocycles.